The average molecular weight is 535 g/mol. The van der Waals surface area contributed by atoms with Crippen molar-refractivity contribution in [3.63, 3.8) is 0 Å². The monoisotopic (exact) mass is 534 g/mol. The van der Waals surface area contributed by atoms with Gasteiger partial charge in [0.05, 0.1) is 6.54 Å². The van der Waals surface area contributed by atoms with E-state index in [1.807, 2.05) is 24.3 Å². The summed E-state index contributed by atoms with van der Waals surface area (Å²) in [5.41, 5.74) is 2.29. The van der Waals surface area contributed by atoms with Crippen LogP contribution in [0, 0.1) is 0 Å². The maximum absolute atomic E-state index is 14.3. The van der Waals surface area contributed by atoms with Crippen molar-refractivity contribution in [2.75, 3.05) is 39.3 Å². The molecule has 1 saturated carbocycles. The Hall–Kier alpha value is -2.54. The van der Waals surface area contributed by atoms with Crippen molar-refractivity contribution in [1.29, 1.82) is 0 Å². The lowest BCUT2D eigenvalue weighted by Crippen LogP contribution is -2.64. The second-order valence-corrected chi connectivity index (χ2v) is 11.6. The van der Waals surface area contributed by atoms with Crippen LogP contribution in [-0.4, -0.2) is 66.0 Å². The Bertz CT molecular complexity index is 1270. The molecular weight excluding hydrogens is 496 g/mol. The van der Waals surface area contributed by atoms with Gasteiger partial charge in [-0.15, -0.1) is 0 Å². The van der Waals surface area contributed by atoms with Gasteiger partial charge in [0.2, 0.25) is 0 Å². The number of hydrogen-bond acceptors (Lipinski definition) is 4. The molecule has 1 atom stereocenters. The first-order valence-corrected chi connectivity index (χ1v) is 14.8. The van der Waals surface area contributed by atoms with Crippen molar-refractivity contribution in [3.05, 3.63) is 59.1 Å². The standard InChI is InChI=1S/C31H39ClN4O2/c1-2-3-16-34-22-31(35-17-14-33-15-18-35,36(30(34)37)26-12-8-5-9-13-26)27-21-25(32)19-24-20-28(38-29(24)27)23-10-6-4-7-11-23/h4,6-7,10-11,19-21,26,33H,2-3,5,8-9,12-18,22H2,1H3. The molecule has 1 N–H and O–H groups in total. The van der Waals surface area contributed by atoms with E-state index in [4.69, 9.17) is 16.0 Å². The number of nitrogens with one attached hydrogen (secondary N) is 1. The molecular formula is C31H39ClN4O2. The number of nitrogens with zero attached hydrogens (tertiary/aromatic N) is 3. The second kappa shape index (κ2) is 10.9. The summed E-state index contributed by atoms with van der Waals surface area (Å²) in [5.74, 6) is 0.830. The van der Waals surface area contributed by atoms with Crippen LogP contribution in [0.5, 0.6) is 0 Å². The molecule has 2 saturated heterocycles. The summed E-state index contributed by atoms with van der Waals surface area (Å²) in [6, 6.07) is 16.8. The number of hydrogen-bond donors (Lipinski definition) is 1. The predicted octanol–water partition coefficient (Wildman–Crippen LogP) is 6.68. The quantitative estimate of drug-likeness (QED) is 0.367. The zero-order valence-corrected chi connectivity index (χ0v) is 23.2. The molecule has 6 rings (SSSR count). The fourth-order valence-electron chi connectivity index (χ4n) is 6.87. The van der Waals surface area contributed by atoms with Crippen molar-refractivity contribution in [1.82, 2.24) is 20.0 Å². The molecule has 0 radical (unpaired) electrons. The molecule has 3 aromatic rings. The van der Waals surface area contributed by atoms with Crippen LogP contribution in [0.2, 0.25) is 5.02 Å². The van der Waals surface area contributed by atoms with E-state index in [9.17, 15) is 4.79 Å². The number of urea groups is 1. The van der Waals surface area contributed by atoms with Gasteiger partial charge in [0.25, 0.3) is 0 Å². The van der Waals surface area contributed by atoms with E-state index in [2.05, 4.69) is 51.2 Å². The molecule has 38 heavy (non-hydrogen) atoms. The van der Waals surface area contributed by atoms with Crippen molar-refractivity contribution in [3.8, 4) is 11.3 Å². The highest BCUT2D eigenvalue weighted by Gasteiger charge is 2.57. The van der Waals surface area contributed by atoms with Gasteiger partial charge in [-0.25, -0.2) is 4.79 Å². The molecule has 3 fully saturated rings. The number of rotatable bonds is 7. The average Bonchev–Trinajstić information content (AvgIpc) is 3.52. The fraction of sp³-hybridized carbons (Fsp3) is 0.516. The summed E-state index contributed by atoms with van der Waals surface area (Å²) in [6.07, 6.45) is 7.77. The second-order valence-electron chi connectivity index (χ2n) is 11.1. The van der Waals surface area contributed by atoms with E-state index >= 15 is 0 Å². The zero-order chi connectivity index (χ0) is 26.1. The summed E-state index contributed by atoms with van der Waals surface area (Å²) in [5, 5.41) is 5.20. The molecule has 2 aromatic carbocycles. The van der Waals surface area contributed by atoms with Gasteiger partial charge in [0, 0.05) is 60.3 Å². The summed E-state index contributed by atoms with van der Waals surface area (Å²) in [4.78, 5) is 21.2. The van der Waals surface area contributed by atoms with Crippen molar-refractivity contribution in [2.45, 2.75) is 63.6 Å². The van der Waals surface area contributed by atoms with E-state index in [1.54, 1.807) is 0 Å². The molecule has 1 aliphatic carbocycles. The Labute approximate surface area is 230 Å². The highest BCUT2D eigenvalue weighted by atomic mass is 35.5. The van der Waals surface area contributed by atoms with Crippen LogP contribution in [-0.2, 0) is 5.66 Å². The van der Waals surface area contributed by atoms with E-state index < -0.39 is 5.66 Å². The number of benzene rings is 2. The normalized spacial score (nSPS) is 23.6. The van der Waals surface area contributed by atoms with Crippen molar-refractivity contribution < 1.29 is 9.21 Å². The minimum atomic E-state index is -0.621. The maximum atomic E-state index is 14.3. The lowest BCUT2D eigenvalue weighted by molar-refractivity contribution is -0.0458. The minimum absolute atomic E-state index is 0.173. The number of halogens is 1. The number of furan rings is 1. The van der Waals surface area contributed by atoms with Gasteiger partial charge in [0.1, 0.15) is 17.0 Å². The summed E-state index contributed by atoms with van der Waals surface area (Å²) in [6.45, 7) is 7.16. The molecule has 7 heteroatoms. The van der Waals surface area contributed by atoms with Crippen LogP contribution >= 0.6 is 11.6 Å². The first-order valence-electron chi connectivity index (χ1n) is 14.4. The van der Waals surface area contributed by atoms with E-state index in [0.717, 1.165) is 86.3 Å². The van der Waals surface area contributed by atoms with Gasteiger partial charge in [-0.3, -0.25) is 9.80 Å². The van der Waals surface area contributed by atoms with Gasteiger partial charge in [0.15, 0.2) is 0 Å². The largest absolute Gasteiger partial charge is 0.456 e. The smallest absolute Gasteiger partial charge is 0.322 e. The Morgan fingerprint density at radius 2 is 1.82 bits per heavy atom. The summed E-state index contributed by atoms with van der Waals surface area (Å²) in [7, 11) is 0. The summed E-state index contributed by atoms with van der Waals surface area (Å²) < 4.78 is 6.70. The molecule has 6 nitrogen and oxygen atoms in total. The SMILES string of the molecule is CCCCN1CC(c2cc(Cl)cc3cc(-c4ccccc4)oc23)(N2CCNCC2)N(C2CCCCC2)C1=O. The Morgan fingerprint density at radius 3 is 2.55 bits per heavy atom. The topological polar surface area (TPSA) is 52.0 Å². The molecule has 3 aliphatic rings. The van der Waals surface area contributed by atoms with Gasteiger partial charge in [-0.1, -0.05) is 74.5 Å². The molecule has 0 spiro atoms. The number of amides is 2. The predicted molar refractivity (Wildman–Crippen MR) is 153 cm³/mol. The van der Waals surface area contributed by atoms with E-state index in [0.29, 0.717) is 11.6 Å². The number of carbonyl (C=O) groups is 1. The van der Waals surface area contributed by atoms with Crippen LogP contribution in [0.3, 0.4) is 0 Å². The number of carbonyl (C=O) groups excluding carboxylic acids is 1. The third kappa shape index (κ3) is 4.51. The highest BCUT2D eigenvalue weighted by molar-refractivity contribution is 6.31. The fourth-order valence-corrected chi connectivity index (χ4v) is 7.10. The van der Waals surface area contributed by atoms with E-state index in [1.165, 1.54) is 19.3 Å². The lowest BCUT2D eigenvalue weighted by Gasteiger charge is -2.50. The molecule has 1 aromatic heterocycles. The van der Waals surface area contributed by atoms with Crippen LogP contribution in [0.4, 0.5) is 4.79 Å². The molecule has 202 valence electrons. The van der Waals surface area contributed by atoms with E-state index in [-0.39, 0.29) is 12.1 Å². The molecule has 0 bridgehead atoms. The maximum Gasteiger partial charge on any atom is 0.322 e. The third-order valence-electron chi connectivity index (χ3n) is 8.72. The third-order valence-corrected chi connectivity index (χ3v) is 8.94. The number of unbranched alkanes of at least 4 members (excludes halogenated alkanes) is 1. The van der Waals surface area contributed by atoms with Crippen molar-refractivity contribution >= 4 is 28.6 Å². The van der Waals surface area contributed by atoms with Crippen molar-refractivity contribution in [2.24, 2.45) is 0 Å². The Balaban J connectivity index is 1.56. The van der Waals surface area contributed by atoms with Gasteiger partial charge in [-0.2, -0.15) is 0 Å². The van der Waals surface area contributed by atoms with Crippen LogP contribution in [0.15, 0.2) is 52.9 Å². The van der Waals surface area contributed by atoms with Crippen LogP contribution in [0.25, 0.3) is 22.3 Å². The lowest BCUT2D eigenvalue weighted by atomic mass is 9.88. The molecule has 2 amide bonds. The van der Waals surface area contributed by atoms with Gasteiger partial charge in [-0.05, 0) is 37.5 Å². The molecule has 3 heterocycles. The molecule has 2 aliphatic heterocycles. The molecule has 1 unspecified atom stereocenters. The highest BCUT2D eigenvalue weighted by Crippen LogP contribution is 2.47. The Morgan fingerprint density at radius 1 is 1.05 bits per heavy atom. The zero-order valence-electron chi connectivity index (χ0n) is 22.4. The van der Waals surface area contributed by atoms with Crippen LogP contribution in [0.1, 0.15) is 57.4 Å². The number of piperazine rings is 1. The minimum Gasteiger partial charge on any atom is -0.456 e. The van der Waals surface area contributed by atoms with Crippen LogP contribution < -0.4 is 5.32 Å². The Kier molecular flexibility index (Phi) is 7.39. The van der Waals surface area contributed by atoms with Gasteiger partial charge < -0.3 is 14.6 Å². The first-order chi connectivity index (χ1) is 18.6. The van der Waals surface area contributed by atoms with Gasteiger partial charge >= 0.3 is 6.03 Å². The first kappa shape index (κ1) is 25.7. The summed E-state index contributed by atoms with van der Waals surface area (Å²) >= 11 is 6.86. The number of fused-ring (bicyclic) bond motifs is 1.